The molecule has 0 N–H and O–H groups in total. The highest BCUT2D eigenvalue weighted by Crippen LogP contribution is 2.36. The summed E-state index contributed by atoms with van der Waals surface area (Å²) in [6.07, 6.45) is 2.39. The second kappa shape index (κ2) is 6.43. The maximum atomic E-state index is 11.5. The highest BCUT2D eigenvalue weighted by atomic mass is 16.5. The Hall–Kier alpha value is -1.31. The average Bonchev–Trinajstić information content (AvgIpc) is 2.26. The Morgan fingerprint density at radius 3 is 2.05 bits per heavy atom. The molecule has 0 aliphatic carbocycles. The number of benzene rings is 1. The van der Waals surface area contributed by atoms with Crippen molar-refractivity contribution in [1.82, 2.24) is 0 Å². The van der Waals surface area contributed by atoms with Gasteiger partial charge in [0.1, 0.15) is 5.75 Å². The largest absolute Gasteiger partial charge is 0.427 e. The van der Waals surface area contributed by atoms with E-state index in [-0.39, 0.29) is 16.8 Å². The third kappa shape index (κ3) is 5.36. The van der Waals surface area contributed by atoms with Crippen molar-refractivity contribution < 1.29 is 9.53 Å². The number of carbonyl (C=O) groups is 1. The SMILES string of the molecule is CCCC(=O)Oc1ccc(C(C)(C)CC(C)(C)C)cc1. The lowest BCUT2D eigenvalue weighted by atomic mass is 9.72. The van der Waals surface area contributed by atoms with E-state index in [0.29, 0.717) is 12.2 Å². The van der Waals surface area contributed by atoms with Gasteiger partial charge in [0.15, 0.2) is 0 Å². The monoisotopic (exact) mass is 276 g/mol. The van der Waals surface area contributed by atoms with Crippen LogP contribution in [0, 0.1) is 5.41 Å². The molecule has 0 fully saturated rings. The van der Waals surface area contributed by atoms with Crippen LogP contribution >= 0.6 is 0 Å². The number of hydrogen-bond donors (Lipinski definition) is 0. The average molecular weight is 276 g/mol. The second-order valence-corrected chi connectivity index (χ2v) is 7.37. The Kier molecular flexibility index (Phi) is 5.38. The van der Waals surface area contributed by atoms with E-state index in [0.717, 1.165) is 12.8 Å². The summed E-state index contributed by atoms with van der Waals surface area (Å²) in [7, 11) is 0. The van der Waals surface area contributed by atoms with Crippen molar-refractivity contribution in [3.8, 4) is 5.75 Å². The second-order valence-electron chi connectivity index (χ2n) is 7.37. The van der Waals surface area contributed by atoms with Crippen LogP contribution in [0.25, 0.3) is 0 Å². The smallest absolute Gasteiger partial charge is 0.311 e. The first-order valence-electron chi connectivity index (χ1n) is 7.45. The number of esters is 1. The predicted octanol–water partition coefficient (Wildman–Crippen LogP) is 5.11. The lowest BCUT2D eigenvalue weighted by Gasteiger charge is -2.33. The maximum absolute atomic E-state index is 11.5. The molecule has 20 heavy (non-hydrogen) atoms. The maximum Gasteiger partial charge on any atom is 0.311 e. The van der Waals surface area contributed by atoms with E-state index in [9.17, 15) is 4.79 Å². The van der Waals surface area contributed by atoms with Crippen LogP contribution in [0.5, 0.6) is 5.75 Å². The van der Waals surface area contributed by atoms with Gasteiger partial charge in [0.2, 0.25) is 0 Å². The van der Waals surface area contributed by atoms with Gasteiger partial charge in [-0.1, -0.05) is 53.7 Å². The van der Waals surface area contributed by atoms with Crippen LogP contribution in [0.15, 0.2) is 24.3 Å². The molecule has 0 aliphatic rings. The molecule has 0 radical (unpaired) electrons. The number of rotatable bonds is 5. The molecule has 0 unspecified atom stereocenters. The topological polar surface area (TPSA) is 26.3 Å². The molecule has 0 aliphatic heterocycles. The van der Waals surface area contributed by atoms with Crippen molar-refractivity contribution >= 4 is 5.97 Å². The van der Waals surface area contributed by atoms with Crippen molar-refractivity contribution in [2.75, 3.05) is 0 Å². The summed E-state index contributed by atoms with van der Waals surface area (Å²) in [5.74, 6) is 0.480. The lowest BCUT2D eigenvalue weighted by Crippen LogP contribution is -2.24. The summed E-state index contributed by atoms with van der Waals surface area (Å²) >= 11 is 0. The molecule has 2 nitrogen and oxygen atoms in total. The molecule has 0 aromatic heterocycles. The van der Waals surface area contributed by atoms with Gasteiger partial charge in [-0.15, -0.1) is 0 Å². The fraction of sp³-hybridized carbons (Fsp3) is 0.611. The van der Waals surface area contributed by atoms with Crippen LogP contribution in [0.4, 0.5) is 0 Å². The highest BCUT2D eigenvalue weighted by Gasteiger charge is 2.27. The minimum Gasteiger partial charge on any atom is -0.427 e. The quantitative estimate of drug-likeness (QED) is 0.552. The van der Waals surface area contributed by atoms with Gasteiger partial charge in [-0.2, -0.15) is 0 Å². The van der Waals surface area contributed by atoms with Crippen LogP contribution in [-0.2, 0) is 10.2 Å². The minimum absolute atomic E-state index is 0.115. The van der Waals surface area contributed by atoms with E-state index in [4.69, 9.17) is 4.74 Å². The first-order chi connectivity index (χ1) is 9.14. The molecule has 0 atom stereocenters. The molecule has 0 saturated carbocycles. The molecule has 1 aromatic rings. The van der Waals surface area contributed by atoms with E-state index in [1.54, 1.807) is 0 Å². The molecule has 112 valence electrons. The molecule has 1 aromatic carbocycles. The van der Waals surface area contributed by atoms with Gasteiger partial charge < -0.3 is 4.74 Å². The van der Waals surface area contributed by atoms with Crippen LogP contribution < -0.4 is 4.74 Å². The van der Waals surface area contributed by atoms with Crippen molar-refractivity contribution in [3.63, 3.8) is 0 Å². The Morgan fingerprint density at radius 1 is 1.05 bits per heavy atom. The number of ether oxygens (including phenoxy) is 1. The molecular formula is C18H28O2. The summed E-state index contributed by atoms with van der Waals surface area (Å²) in [6.45, 7) is 13.3. The fourth-order valence-electron chi connectivity index (χ4n) is 2.79. The molecule has 0 spiro atoms. The van der Waals surface area contributed by atoms with Gasteiger partial charge in [0.05, 0.1) is 0 Å². The van der Waals surface area contributed by atoms with Crippen molar-refractivity contribution in [2.24, 2.45) is 5.41 Å². The standard InChI is InChI=1S/C18H28O2/c1-7-8-16(19)20-15-11-9-14(10-12-15)18(5,6)13-17(2,3)4/h9-12H,7-8,13H2,1-6H3. The van der Waals surface area contributed by atoms with Crippen LogP contribution in [0.1, 0.15) is 66.4 Å². The zero-order valence-electron chi connectivity index (χ0n) is 13.7. The molecule has 0 heterocycles. The summed E-state index contributed by atoms with van der Waals surface area (Å²) in [4.78, 5) is 11.5. The zero-order valence-corrected chi connectivity index (χ0v) is 13.7. The zero-order chi connectivity index (χ0) is 15.4. The Balaban J connectivity index is 2.78. The Bertz CT molecular complexity index is 435. The summed E-state index contributed by atoms with van der Waals surface area (Å²) in [6, 6.07) is 7.93. The van der Waals surface area contributed by atoms with Crippen LogP contribution in [-0.4, -0.2) is 5.97 Å². The van der Waals surface area contributed by atoms with E-state index < -0.39 is 0 Å². The minimum atomic E-state index is -0.158. The van der Waals surface area contributed by atoms with E-state index >= 15 is 0 Å². The third-order valence-electron chi connectivity index (χ3n) is 3.29. The van der Waals surface area contributed by atoms with Crippen LogP contribution in [0.3, 0.4) is 0 Å². The van der Waals surface area contributed by atoms with Crippen LogP contribution in [0.2, 0.25) is 0 Å². The summed E-state index contributed by atoms with van der Waals surface area (Å²) in [5.41, 5.74) is 1.68. The molecular weight excluding hydrogens is 248 g/mol. The van der Waals surface area contributed by atoms with Gasteiger partial charge >= 0.3 is 5.97 Å². The van der Waals surface area contributed by atoms with Gasteiger partial charge in [-0.3, -0.25) is 4.79 Å². The van der Waals surface area contributed by atoms with Crippen molar-refractivity contribution in [3.05, 3.63) is 29.8 Å². The van der Waals surface area contributed by atoms with Crippen molar-refractivity contribution in [2.45, 2.75) is 66.2 Å². The normalized spacial score (nSPS) is 12.3. The first kappa shape index (κ1) is 16.7. The predicted molar refractivity (Wildman–Crippen MR) is 84.1 cm³/mol. The number of carbonyl (C=O) groups excluding carboxylic acids is 1. The van der Waals surface area contributed by atoms with Crippen molar-refractivity contribution in [1.29, 1.82) is 0 Å². The van der Waals surface area contributed by atoms with Gasteiger partial charge in [0, 0.05) is 6.42 Å². The molecule has 0 saturated heterocycles. The van der Waals surface area contributed by atoms with Gasteiger partial charge in [-0.25, -0.2) is 0 Å². The molecule has 1 rings (SSSR count). The van der Waals surface area contributed by atoms with Gasteiger partial charge in [-0.05, 0) is 41.4 Å². The summed E-state index contributed by atoms with van der Waals surface area (Å²) in [5, 5.41) is 0. The Morgan fingerprint density at radius 2 is 1.60 bits per heavy atom. The van der Waals surface area contributed by atoms with E-state index in [1.165, 1.54) is 5.56 Å². The van der Waals surface area contributed by atoms with E-state index in [1.807, 2.05) is 19.1 Å². The summed E-state index contributed by atoms with van der Waals surface area (Å²) < 4.78 is 5.28. The molecule has 0 amide bonds. The first-order valence-corrected chi connectivity index (χ1v) is 7.45. The Labute approximate surface area is 123 Å². The third-order valence-corrected chi connectivity index (χ3v) is 3.29. The van der Waals surface area contributed by atoms with E-state index in [2.05, 4.69) is 46.8 Å². The molecule has 2 heteroatoms. The fourth-order valence-corrected chi connectivity index (χ4v) is 2.79. The number of hydrogen-bond acceptors (Lipinski definition) is 2. The lowest BCUT2D eigenvalue weighted by molar-refractivity contribution is -0.134. The highest BCUT2D eigenvalue weighted by molar-refractivity contribution is 5.72. The molecule has 0 bridgehead atoms. The van der Waals surface area contributed by atoms with Gasteiger partial charge in [0.25, 0.3) is 0 Å².